The first-order valence-corrected chi connectivity index (χ1v) is 5.94. The fourth-order valence-corrected chi connectivity index (χ4v) is 1.81. The van der Waals surface area contributed by atoms with Gasteiger partial charge in [0.15, 0.2) is 0 Å². The van der Waals surface area contributed by atoms with Crippen molar-refractivity contribution in [3.8, 4) is 0 Å². The maximum absolute atomic E-state index is 9.72. The summed E-state index contributed by atoms with van der Waals surface area (Å²) in [4.78, 5) is 6.61. The molecule has 0 saturated carbocycles. The number of anilines is 1. The highest BCUT2D eigenvalue weighted by Gasteiger charge is 2.14. The molecule has 0 aliphatic rings. The Balaban J connectivity index is 2.99. The molecule has 0 aliphatic carbocycles. The average Bonchev–Trinajstić information content (AvgIpc) is 2.25. The summed E-state index contributed by atoms with van der Waals surface area (Å²) in [5, 5.41) is 9.72. The zero-order valence-electron chi connectivity index (χ0n) is 10.6. The molecule has 0 bridgehead atoms. The van der Waals surface area contributed by atoms with Crippen LogP contribution in [0.2, 0.25) is 0 Å². The standard InChI is InChI=1S/C13H22N2O/c1-5-15(9-10(2)3)13-12(11(4)16)7-6-8-14-13/h6-8,10-11,16H,5,9H2,1-4H3. The zero-order valence-corrected chi connectivity index (χ0v) is 10.6. The molecule has 1 rings (SSSR count). The number of rotatable bonds is 5. The van der Waals surface area contributed by atoms with E-state index < -0.39 is 6.10 Å². The molecule has 0 aromatic carbocycles. The maximum atomic E-state index is 9.72. The van der Waals surface area contributed by atoms with Crippen molar-refractivity contribution >= 4 is 5.82 Å². The lowest BCUT2D eigenvalue weighted by Gasteiger charge is -2.26. The van der Waals surface area contributed by atoms with Gasteiger partial charge in [-0.1, -0.05) is 19.9 Å². The van der Waals surface area contributed by atoms with E-state index >= 15 is 0 Å². The van der Waals surface area contributed by atoms with Crippen molar-refractivity contribution in [2.75, 3.05) is 18.0 Å². The van der Waals surface area contributed by atoms with Crippen LogP contribution < -0.4 is 4.90 Å². The summed E-state index contributed by atoms with van der Waals surface area (Å²) >= 11 is 0. The van der Waals surface area contributed by atoms with Crippen LogP contribution in [0.15, 0.2) is 18.3 Å². The molecule has 1 aromatic heterocycles. The van der Waals surface area contributed by atoms with E-state index in [-0.39, 0.29) is 0 Å². The molecule has 0 radical (unpaired) electrons. The molecule has 1 unspecified atom stereocenters. The van der Waals surface area contributed by atoms with Gasteiger partial charge in [0.1, 0.15) is 5.82 Å². The van der Waals surface area contributed by atoms with E-state index in [2.05, 4.69) is 30.7 Å². The second-order valence-electron chi connectivity index (χ2n) is 4.52. The molecule has 3 nitrogen and oxygen atoms in total. The van der Waals surface area contributed by atoms with Crippen LogP contribution in [0.4, 0.5) is 5.82 Å². The molecule has 0 aliphatic heterocycles. The van der Waals surface area contributed by atoms with Gasteiger partial charge in [0.2, 0.25) is 0 Å². The van der Waals surface area contributed by atoms with Crippen LogP contribution in [0.25, 0.3) is 0 Å². The van der Waals surface area contributed by atoms with Crippen molar-refractivity contribution < 1.29 is 5.11 Å². The summed E-state index contributed by atoms with van der Waals surface area (Å²) in [6.45, 7) is 10.1. The highest BCUT2D eigenvalue weighted by Crippen LogP contribution is 2.24. The first kappa shape index (κ1) is 13.0. The minimum Gasteiger partial charge on any atom is -0.389 e. The number of aliphatic hydroxyl groups is 1. The van der Waals surface area contributed by atoms with Crippen LogP contribution >= 0.6 is 0 Å². The minimum atomic E-state index is -0.468. The van der Waals surface area contributed by atoms with E-state index in [1.807, 2.05) is 12.1 Å². The summed E-state index contributed by atoms with van der Waals surface area (Å²) in [6.07, 6.45) is 1.31. The number of hydrogen-bond donors (Lipinski definition) is 1. The number of aliphatic hydroxyl groups excluding tert-OH is 1. The highest BCUT2D eigenvalue weighted by atomic mass is 16.3. The molecule has 3 heteroatoms. The fourth-order valence-electron chi connectivity index (χ4n) is 1.81. The molecule has 16 heavy (non-hydrogen) atoms. The van der Waals surface area contributed by atoms with Crippen molar-refractivity contribution in [2.24, 2.45) is 5.92 Å². The topological polar surface area (TPSA) is 36.4 Å². The van der Waals surface area contributed by atoms with Crippen molar-refractivity contribution in [2.45, 2.75) is 33.8 Å². The Bertz CT molecular complexity index is 323. The summed E-state index contributed by atoms with van der Waals surface area (Å²) in [5.74, 6) is 1.50. The molecular weight excluding hydrogens is 200 g/mol. The van der Waals surface area contributed by atoms with Crippen LogP contribution in [0.5, 0.6) is 0 Å². The maximum Gasteiger partial charge on any atom is 0.134 e. The predicted molar refractivity (Wildman–Crippen MR) is 67.6 cm³/mol. The number of nitrogens with zero attached hydrogens (tertiary/aromatic N) is 2. The molecular formula is C13H22N2O. The molecule has 1 heterocycles. The van der Waals surface area contributed by atoms with E-state index in [1.54, 1.807) is 13.1 Å². The van der Waals surface area contributed by atoms with Gasteiger partial charge in [0.25, 0.3) is 0 Å². The van der Waals surface area contributed by atoms with Gasteiger partial charge in [-0.15, -0.1) is 0 Å². The van der Waals surface area contributed by atoms with Gasteiger partial charge < -0.3 is 10.0 Å². The highest BCUT2D eigenvalue weighted by molar-refractivity contribution is 5.47. The Morgan fingerprint density at radius 3 is 2.56 bits per heavy atom. The molecule has 1 atom stereocenters. The summed E-state index contributed by atoms with van der Waals surface area (Å²) in [6, 6.07) is 3.81. The SMILES string of the molecule is CCN(CC(C)C)c1ncccc1C(C)O. The lowest BCUT2D eigenvalue weighted by atomic mass is 10.1. The summed E-state index contributed by atoms with van der Waals surface area (Å²) in [5.41, 5.74) is 0.907. The lowest BCUT2D eigenvalue weighted by Crippen LogP contribution is -2.29. The van der Waals surface area contributed by atoms with Crippen LogP contribution in [0.3, 0.4) is 0 Å². The first-order valence-electron chi connectivity index (χ1n) is 5.94. The van der Waals surface area contributed by atoms with Crippen molar-refractivity contribution in [3.63, 3.8) is 0 Å². The largest absolute Gasteiger partial charge is 0.389 e. The Kier molecular flexibility index (Phi) is 4.74. The van der Waals surface area contributed by atoms with Crippen LogP contribution in [0.1, 0.15) is 39.4 Å². The van der Waals surface area contributed by atoms with Gasteiger partial charge in [-0.3, -0.25) is 0 Å². The van der Waals surface area contributed by atoms with Crippen molar-refractivity contribution in [1.29, 1.82) is 0 Å². The second-order valence-corrected chi connectivity index (χ2v) is 4.52. The third-order valence-corrected chi connectivity index (χ3v) is 2.53. The van der Waals surface area contributed by atoms with Gasteiger partial charge in [-0.05, 0) is 25.8 Å². The third kappa shape index (κ3) is 3.20. The van der Waals surface area contributed by atoms with E-state index in [0.29, 0.717) is 5.92 Å². The smallest absolute Gasteiger partial charge is 0.134 e. The molecule has 90 valence electrons. The zero-order chi connectivity index (χ0) is 12.1. The Labute approximate surface area is 98.1 Å². The monoisotopic (exact) mass is 222 g/mol. The van der Waals surface area contributed by atoms with Crippen LogP contribution in [-0.2, 0) is 0 Å². The summed E-state index contributed by atoms with van der Waals surface area (Å²) in [7, 11) is 0. The van der Waals surface area contributed by atoms with Gasteiger partial charge in [-0.2, -0.15) is 0 Å². The van der Waals surface area contributed by atoms with Gasteiger partial charge in [0.05, 0.1) is 6.10 Å². The van der Waals surface area contributed by atoms with Gasteiger partial charge >= 0.3 is 0 Å². The van der Waals surface area contributed by atoms with Gasteiger partial charge in [-0.25, -0.2) is 4.98 Å². The van der Waals surface area contributed by atoms with Crippen molar-refractivity contribution in [1.82, 2.24) is 4.98 Å². The van der Waals surface area contributed by atoms with Crippen molar-refractivity contribution in [3.05, 3.63) is 23.9 Å². The van der Waals surface area contributed by atoms with E-state index in [9.17, 15) is 5.11 Å². The molecule has 0 amide bonds. The van der Waals surface area contributed by atoms with Gasteiger partial charge in [0, 0.05) is 24.8 Å². The Morgan fingerprint density at radius 2 is 2.06 bits per heavy atom. The minimum absolute atomic E-state index is 0.468. The summed E-state index contributed by atoms with van der Waals surface area (Å²) < 4.78 is 0. The second kappa shape index (κ2) is 5.85. The molecule has 1 aromatic rings. The lowest BCUT2D eigenvalue weighted by molar-refractivity contribution is 0.199. The predicted octanol–water partition coefficient (Wildman–Crippen LogP) is 2.62. The first-order chi connectivity index (χ1) is 7.56. The molecule has 0 saturated heterocycles. The Morgan fingerprint density at radius 1 is 1.38 bits per heavy atom. The number of hydrogen-bond acceptors (Lipinski definition) is 3. The quantitative estimate of drug-likeness (QED) is 0.832. The normalized spacial score (nSPS) is 12.9. The molecule has 0 fully saturated rings. The van der Waals surface area contributed by atoms with E-state index in [1.165, 1.54) is 0 Å². The number of pyridine rings is 1. The average molecular weight is 222 g/mol. The molecule has 0 spiro atoms. The fraction of sp³-hybridized carbons (Fsp3) is 0.615. The van der Waals surface area contributed by atoms with E-state index in [0.717, 1.165) is 24.5 Å². The third-order valence-electron chi connectivity index (χ3n) is 2.53. The molecule has 1 N–H and O–H groups in total. The van der Waals surface area contributed by atoms with Crippen LogP contribution in [-0.4, -0.2) is 23.2 Å². The van der Waals surface area contributed by atoms with E-state index in [4.69, 9.17) is 0 Å². The Hall–Kier alpha value is -1.09. The van der Waals surface area contributed by atoms with Crippen LogP contribution in [0, 0.1) is 5.92 Å². The number of aromatic nitrogens is 1.